The Bertz CT molecular complexity index is 646. The number of rotatable bonds is 3. The van der Waals surface area contributed by atoms with Crippen molar-refractivity contribution in [1.82, 2.24) is 20.4 Å². The fourth-order valence-electron chi connectivity index (χ4n) is 2.64. The van der Waals surface area contributed by atoms with E-state index >= 15 is 0 Å². The first-order valence-electron chi connectivity index (χ1n) is 7.14. The average Bonchev–Trinajstić information content (AvgIpc) is 3.17. The first kappa shape index (κ1) is 13.8. The van der Waals surface area contributed by atoms with Crippen LogP contribution in [0.3, 0.4) is 0 Å². The molecule has 0 aromatic carbocycles. The van der Waals surface area contributed by atoms with Gasteiger partial charge in [-0.2, -0.15) is 0 Å². The number of amides is 1. The number of likely N-dealkylation sites (tertiary alicyclic amines) is 1. The van der Waals surface area contributed by atoms with Gasteiger partial charge in [-0.15, -0.1) is 0 Å². The van der Waals surface area contributed by atoms with E-state index in [1.807, 2.05) is 20.8 Å². The Morgan fingerprint density at radius 2 is 2.19 bits per heavy atom. The second kappa shape index (κ2) is 5.31. The average molecular weight is 290 g/mol. The van der Waals surface area contributed by atoms with Gasteiger partial charge in [0.15, 0.2) is 0 Å². The number of aromatic nitrogens is 3. The number of carbonyl (C=O) groups excluding carboxylic acids is 1. The summed E-state index contributed by atoms with van der Waals surface area (Å²) >= 11 is 0. The molecule has 1 unspecified atom stereocenters. The third-order valence-electron chi connectivity index (χ3n) is 3.85. The highest BCUT2D eigenvalue weighted by Crippen LogP contribution is 2.33. The zero-order chi connectivity index (χ0) is 15.0. The van der Waals surface area contributed by atoms with Crippen LogP contribution in [0.15, 0.2) is 15.2 Å². The molecule has 112 valence electrons. The van der Waals surface area contributed by atoms with Gasteiger partial charge in [-0.05, 0) is 25.7 Å². The van der Waals surface area contributed by atoms with Crippen LogP contribution < -0.4 is 0 Å². The van der Waals surface area contributed by atoms with E-state index in [1.54, 1.807) is 11.0 Å². The van der Waals surface area contributed by atoms with Gasteiger partial charge in [-0.1, -0.05) is 29.3 Å². The summed E-state index contributed by atoms with van der Waals surface area (Å²) in [7, 11) is 0. The maximum Gasteiger partial charge on any atom is 0.293 e. The van der Waals surface area contributed by atoms with E-state index in [-0.39, 0.29) is 23.6 Å². The minimum Gasteiger partial charge on any atom is -0.351 e. The summed E-state index contributed by atoms with van der Waals surface area (Å²) in [6.45, 7) is 6.52. The number of hydrogen-bond donors (Lipinski definition) is 0. The Morgan fingerprint density at radius 3 is 2.81 bits per heavy atom. The van der Waals surface area contributed by atoms with Crippen LogP contribution in [-0.2, 0) is 0 Å². The molecule has 0 spiro atoms. The minimum atomic E-state index is -0.153. The quantitative estimate of drug-likeness (QED) is 0.863. The van der Waals surface area contributed by atoms with Crippen molar-refractivity contribution in [2.75, 3.05) is 6.54 Å². The van der Waals surface area contributed by atoms with Crippen molar-refractivity contribution in [2.24, 2.45) is 0 Å². The van der Waals surface area contributed by atoms with E-state index in [4.69, 9.17) is 9.15 Å². The monoisotopic (exact) mass is 290 g/mol. The van der Waals surface area contributed by atoms with Crippen molar-refractivity contribution in [3.05, 3.63) is 28.9 Å². The molecule has 1 saturated heterocycles. The second-order valence-electron chi connectivity index (χ2n) is 5.66. The van der Waals surface area contributed by atoms with Crippen LogP contribution in [0.1, 0.15) is 66.3 Å². The SMILES string of the molecule is Cc1nonc1C1CCCN1C(=O)c1cc(C(C)C)no1. The summed E-state index contributed by atoms with van der Waals surface area (Å²) < 4.78 is 9.95. The van der Waals surface area contributed by atoms with Crippen LogP contribution >= 0.6 is 0 Å². The van der Waals surface area contributed by atoms with Gasteiger partial charge in [-0.25, -0.2) is 4.63 Å². The molecule has 1 aliphatic heterocycles. The third kappa shape index (κ3) is 2.43. The molecule has 1 amide bonds. The Labute approximate surface area is 122 Å². The van der Waals surface area contributed by atoms with Crippen LogP contribution in [0.4, 0.5) is 0 Å². The van der Waals surface area contributed by atoms with Crippen LogP contribution in [0.2, 0.25) is 0 Å². The molecule has 7 nitrogen and oxygen atoms in total. The Kier molecular flexibility index (Phi) is 3.48. The van der Waals surface area contributed by atoms with Crippen LogP contribution in [0.5, 0.6) is 0 Å². The molecule has 3 rings (SSSR count). The molecule has 1 fully saturated rings. The van der Waals surface area contributed by atoms with Crippen LogP contribution in [-0.4, -0.2) is 32.8 Å². The summed E-state index contributed by atoms with van der Waals surface area (Å²) in [5, 5.41) is 11.7. The van der Waals surface area contributed by atoms with Crippen molar-refractivity contribution in [3.63, 3.8) is 0 Å². The number of nitrogens with zero attached hydrogens (tertiary/aromatic N) is 4. The molecule has 2 aromatic heterocycles. The van der Waals surface area contributed by atoms with Gasteiger partial charge >= 0.3 is 0 Å². The van der Waals surface area contributed by atoms with Gasteiger partial charge in [0, 0.05) is 12.6 Å². The summed E-state index contributed by atoms with van der Waals surface area (Å²) in [6, 6.07) is 1.62. The molecule has 21 heavy (non-hydrogen) atoms. The molecular formula is C14H18N4O3. The Balaban J connectivity index is 1.84. The van der Waals surface area contributed by atoms with Crippen LogP contribution in [0, 0.1) is 6.92 Å². The van der Waals surface area contributed by atoms with Crippen molar-refractivity contribution in [3.8, 4) is 0 Å². The predicted molar refractivity (Wildman–Crippen MR) is 72.6 cm³/mol. The topological polar surface area (TPSA) is 85.3 Å². The maximum absolute atomic E-state index is 12.6. The van der Waals surface area contributed by atoms with Gasteiger partial charge in [0.05, 0.1) is 11.7 Å². The molecule has 0 bridgehead atoms. The van der Waals surface area contributed by atoms with Gasteiger partial charge < -0.3 is 9.42 Å². The van der Waals surface area contributed by atoms with Gasteiger partial charge in [0.2, 0.25) is 5.76 Å². The first-order valence-corrected chi connectivity index (χ1v) is 7.14. The van der Waals surface area contributed by atoms with E-state index in [9.17, 15) is 4.79 Å². The molecule has 0 aliphatic carbocycles. The highest BCUT2D eigenvalue weighted by molar-refractivity contribution is 5.92. The molecular weight excluding hydrogens is 272 g/mol. The zero-order valence-electron chi connectivity index (χ0n) is 12.4. The summed E-state index contributed by atoms with van der Waals surface area (Å²) in [6.07, 6.45) is 1.78. The number of carbonyl (C=O) groups is 1. The molecule has 1 atom stereocenters. The molecule has 0 N–H and O–H groups in total. The fraction of sp³-hybridized carbons (Fsp3) is 0.571. The lowest BCUT2D eigenvalue weighted by Gasteiger charge is -2.21. The van der Waals surface area contributed by atoms with E-state index < -0.39 is 0 Å². The number of hydrogen-bond acceptors (Lipinski definition) is 6. The second-order valence-corrected chi connectivity index (χ2v) is 5.66. The highest BCUT2D eigenvalue weighted by atomic mass is 16.6. The Morgan fingerprint density at radius 1 is 1.38 bits per heavy atom. The largest absolute Gasteiger partial charge is 0.351 e. The van der Waals surface area contributed by atoms with E-state index in [1.165, 1.54) is 0 Å². The van der Waals surface area contributed by atoms with Crippen molar-refractivity contribution in [2.45, 2.75) is 45.6 Å². The molecule has 0 saturated carbocycles. The normalized spacial score (nSPS) is 18.7. The van der Waals surface area contributed by atoms with Gasteiger partial charge in [0.25, 0.3) is 5.91 Å². The summed E-state index contributed by atoms with van der Waals surface area (Å²) in [4.78, 5) is 14.4. The summed E-state index contributed by atoms with van der Waals surface area (Å²) in [5.41, 5.74) is 2.23. The predicted octanol–water partition coefficient (Wildman–Crippen LogP) is 2.47. The molecule has 3 heterocycles. The van der Waals surface area contributed by atoms with Crippen molar-refractivity contribution < 1.29 is 13.9 Å². The summed E-state index contributed by atoms with van der Waals surface area (Å²) in [5.74, 6) is 0.352. The smallest absolute Gasteiger partial charge is 0.293 e. The molecule has 7 heteroatoms. The van der Waals surface area contributed by atoms with Gasteiger partial charge in [-0.3, -0.25) is 4.79 Å². The molecule has 0 radical (unpaired) electrons. The lowest BCUT2D eigenvalue weighted by atomic mass is 10.1. The molecule has 2 aromatic rings. The highest BCUT2D eigenvalue weighted by Gasteiger charge is 2.35. The van der Waals surface area contributed by atoms with Crippen LogP contribution in [0.25, 0.3) is 0 Å². The number of aryl methyl sites for hydroxylation is 1. The van der Waals surface area contributed by atoms with Crippen molar-refractivity contribution >= 4 is 5.91 Å². The minimum absolute atomic E-state index is 0.101. The Hall–Kier alpha value is -2.18. The maximum atomic E-state index is 12.6. The zero-order valence-corrected chi connectivity index (χ0v) is 12.4. The lowest BCUT2D eigenvalue weighted by Crippen LogP contribution is -2.30. The fourth-order valence-corrected chi connectivity index (χ4v) is 2.64. The van der Waals surface area contributed by atoms with Gasteiger partial charge in [0.1, 0.15) is 11.4 Å². The first-order chi connectivity index (χ1) is 10.1. The van der Waals surface area contributed by atoms with E-state index in [2.05, 4.69) is 15.5 Å². The third-order valence-corrected chi connectivity index (χ3v) is 3.85. The standard InChI is InChI=1S/C14H18N4O3/c1-8(2)10-7-12(20-16-10)14(19)18-6-4-5-11(18)13-9(3)15-21-17-13/h7-8,11H,4-6H2,1-3H3. The molecule has 1 aliphatic rings. The van der Waals surface area contributed by atoms with Crippen molar-refractivity contribution in [1.29, 1.82) is 0 Å². The lowest BCUT2D eigenvalue weighted by molar-refractivity contribution is 0.0688. The van der Waals surface area contributed by atoms with E-state index in [0.717, 1.165) is 29.9 Å². The van der Waals surface area contributed by atoms with E-state index in [0.29, 0.717) is 6.54 Å².